The lowest BCUT2D eigenvalue weighted by Gasteiger charge is -2.21. The van der Waals surface area contributed by atoms with E-state index in [4.69, 9.17) is 9.15 Å². The van der Waals surface area contributed by atoms with Crippen LogP contribution >= 0.6 is 0 Å². The second kappa shape index (κ2) is 10.0. The zero-order valence-corrected chi connectivity index (χ0v) is 20.0. The largest absolute Gasteiger partial charge is 0.490 e. The standard InChI is InChI=1S/C27H31N3O4/c1-5-33-23-12-8-9-18-14-24(34-25(18)23)17(4)29-27(32)22(30-26(31)16(2)3)13-19-15-28-21-11-7-6-10-20(19)21/h6-12,14-17,22,28H,5,13H2,1-4H3,(H,29,32)(H,30,31). The van der Waals surface area contributed by atoms with Crippen molar-refractivity contribution in [3.63, 3.8) is 0 Å². The Balaban J connectivity index is 1.55. The molecule has 0 aliphatic carbocycles. The molecule has 0 radical (unpaired) electrons. The van der Waals surface area contributed by atoms with Gasteiger partial charge in [0, 0.05) is 34.8 Å². The number of carbonyl (C=O) groups is 2. The number of nitrogens with one attached hydrogen (secondary N) is 3. The molecule has 4 rings (SSSR count). The number of amides is 2. The van der Waals surface area contributed by atoms with E-state index in [-0.39, 0.29) is 17.7 Å². The number of hydrogen-bond donors (Lipinski definition) is 3. The third kappa shape index (κ3) is 4.93. The Hall–Kier alpha value is -3.74. The molecule has 7 nitrogen and oxygen atoms in total. The minimum absolute atomic E-state index is 0.169. The second-order valence-corrected chi connectivity index (χ2v) is 8.77. The third-order valence-corrected chi connectivity index (χ3v) is 5.87. The smallest absolute Gasteiger partial charge is 0.243 e. The van der Waals surface area contributed by atoms with Crippen LogP contribution in [-0.2, 0) is 16.0 Å². The number of aromatic nitrogens is 1. The zero-order chi connectivity index (χ0) is 24.2. The second-order valence-electron chi connectivity index (χ2n) is 8.77. The van der Waals surface area contributed by atoms with E-state index in [1.165, 1.54) is 0 Å². The van der Waals surface area contributed by atoms with Gasteiger partial charge in [-0.15, -0.1) is 0 Å². The summed E-state index contributed by atoms with van der Waals surface area (Å²) >= 11 is 0. The van der Waals surface area contributed by atoms with Crippen LogP contribution in [0.3, 0.4) is 0 Å². The molecular weight excluding hydrogens is 430 g/mol. The van der Waals surface area contributed by atoms with Crippen LogP contribution in [0.4, 0.5) is 0 Å². The number of benzene rings is 2. The molecule has 0 aliphatic heterocycles. The summed E-state index contributed by atoms with van der Waals surface area (Å²) in [5, 5.41) is 7.87. The summed E-state index contributed by atoms with van der Waals surface area (Å²) in [6.45, 7) is 7.94. The lowest BCUT2D eigenvalue weighted by atomic mass is 10.0. The molecule has 2 atom stereocenters. The molecule has 2 aromatic heterocycles. The van der Waals surface area contributed by atoms with Crippen molar-refractivity contribution < 1.29 is 18.7 Å². The van der Waals surface area contributed by atoms with E-state index < -0.39 is 12.1 Å². The predicted octanol–water partition coefficient (Wildman–Crippen LogP) is 4.87. The van der Waals surface area contributed by atoms with Crippen LogP contribution in [0.15, 0.2) is 59.1 Å². The minimum atomic E-state index is -0.722. The fraction of sp³-hybridized carbons (Fsp3) is 0.333. The van der Waals surface area contributed by atoms with Crippen LogP contribution in [0.25, 0.3) is 21.9 Å². The molecule has 2 heterocycles. The number of para-hydroxylation sites is 2. The number of carbonyl (C=O) groups excluding carboxylic acids is 2. The molecule has 3 N–H and O–H groups in total. The molecule has 0 spiro atoms. The lowest BCUT2D eigenvalue weighted by Crippen LogP contribution is -2.49. The highest BCUT2D eigenvalue weighted by Gasteiger charge is 2.26. The minimum Gasteiger partial charge on any atom is -0.490 e. The van der Waals surface area contributed by atoms with Crippen molar-refractivity contribution in [2.24, 2.45) is 5.92 Å². The van der Waals surface area contributed by atoms with Gasteiger partial charge < -0.3 is 24.8 Å². The van der Waals surface area contributed by atoms with Gasteiger partial charge in [-0.2, -0.15) is 0 Å². The molecule has 2 unspecified atom stereocenters. The van der Waals surface area contributed by atoms with E-state index >= 15 is 0 Å². The fourth-order valence-corrected chi connectivity index (χ4v) is 3.99. The van der Waals surface area contributed by atoms with Crippen molar-refractivity contribution in [1.82, 2.24) is 15.6 Å². The van der Waals surface area contributed by atoms with Crippen LogP contribution < -0.4 is 15.4 Å². The molecule has 4 aromatic rings. The molecule has 7 heteroatoms. The SMILES string of the molecule is CCOc1cccc2cc(C(C)NC(=O)C(Cc3c[nH]c4ccccc34)NC(=O)C(C)C)oc12. The molecule has 34 heavy (non-hydrogen) atoms. The van der Waals surface area contributed by atoms with E-state index in [0.29, 0.717) is 30.1 Å². The first-order valence-corrected chi connectivity index (χ1v) is 11.7. The third-order valence-electron chi connectivity index (χ3n) is 5.87. The van der Waals surface area contributed by atoms with E-state index in [9.17, 15) is 9.59 Å². The van der Waals surface area contributed by atoms with Crippen LogP contribution in [0.1, 0.15) is 45.1 Å². The predicted molar refractivity (Wildman–Crippen MR) is 133 cm³/mol. The topological polar surface area (TPSA) is 96.4 Å². The maximum Gasteiger partial charge on any atom is 0.243 e. The molecule has 0 saturated carbocycles. The number of fused-ring (bicyclic) bond motifs is 2. The van der Waals surface area contributed by atoms with Gasteiger partial charge in [0.2, 0.25) is 11.8 Å². The van der Waals surface area contributed by atoms with E-state index in [1.807, 2.05) is 82.4 Å². The first-order chi connectivity index (χ1) is 16.4. The maximum atomic E-state index is 13.3. The van der Waals surface area contributed by atoms with Gasteiger partial charge in [0.1, 0.15) is 11.8 Å². The highest BCUT2D eigenvalue weighted by molar-refractivity contribution is 5.90. The Kier molecular flexibility index (Phi) is 6.91. The number of rotatable bonds is 9. The number of hydrogen-bond acceptors (Lipinski definition) is 4. The highest BCUT2D eigenvalue weighted by Crippen LogP contribution is 2.31. The Morgan fingerprint density at radius 2 is 1.82 bits per heavy atom. The van der Waals surface area contributed by atoms with Gasteiger partial charge in [-0.1, -0.05) is 44.2 Å². The van der Waals surface area contributed by atoms with Crippen molar-refractivity contribution in [3.05, 3.63) is 66.1 Å². The quantitative estimate of drug-likeness (QED) is 0.331. The average Bonchev–Trinajstić information content (AvgIpc) is 3.44. The van der Waals surface area contributed by atoms with Gasteiger partial charge in [0.05, 0.1) is 12.6 Å². The van der Waals surface area contributed by atoms with E-state index in [0.717, 1.165) is 21.9 Å². The Labute approximate surface area is 198 Å². The highest BCUT2D eigenvalue weighted by atomic mass is 16.5. The molecule has 0 bridgehead atoms. The molecular formula is C27H31N3O4. The lowest BCUT2D eigenvalue weighted by molar-refractivity contribution is -0.130. The van der Waals surface area contributed by atoms with Crippen LogP contribution in [0, 0.1) is 5.92 Å². The van der Waals surface area contributed by atoms with Gasteiger partial charge in [0.15, 0.2) is 11.3 Å². The molecule has 2 amide bonds. The first-order valence-electron chi connectivity index (χ1n) is 11.7. The maximum absolute atomic E-state index is 13.3. The summed E-state index contributed by atoms with van der Waals surface area (Å²) in [6.07, 6.45) is 2.26. The summed E-state index contributed by atoms with van der Waals surface area (Å²) < 4.78 is 11.7. The zero-order valence-electron chi connectivity index (χ0n) is 20.0. The monoisotopic (exact) mass is 461 g/mol. The van der Waals surface area contributed by atoms with Crippen LogP contribution in [0.5, 0.6) is 5.75 Å². The molecule has 0 aliphatic rings. The number of ether oxygens (including phenoxy) is 1. The fourth-order valence-electron chi connectivity index (χ4n) is 3.99. The number of furan rings is 1. The summed E-state index contributed by atoms with van der Waals surface area (Å²) in [6, 6.07) is 14.4. The Morgan fingerprint density at radius 3 is 2.59 bits per heavy atom. The Bertz CT molecular complexity index is 1300. The van der Waals surface area contributed by atoms with Gasteiger partial charge in [-0.3, -0.25) is 9.59 Å². The molecule has 0 saturated heterocycles. The molecule has 178 valence electrons. The van der Waals surface area contributed by atoms with E-state index in [2.05, 4.69) is 15.6 Å². The Morgan fingerprint density at radius 1 is 1.03 bits per heavy atom. The van der Waals surface area contributed by atoms with Crippen molar-refractivity contribution in [3.8, 4) is 5.75 Å². The number of H-pyrrole nitrogens is 1. The van der Waals surface area contributed by atoms with Gasteiger partial charge >= 0.3 is 0 Å². The van der Waals surface area contributed by atoms with Crippen LogP contribution in [-0.4, -0.2) is 29.4 Å². The van der Waals surface area contributed by atoms with Gasteiger partial charge in [-0.25, -0.2) is 0 Å². The summed E-state index contributed by atoms with van der Waals surface area (Å²) in [7, 11) is 0. The van der Waals surface area contributed by atoms with Crippen molar-refractivity contribution in [2.45, 2.75) is 46.2 Å². The summed E-state index contributed by atoms with van der Waals surface area (Å²) in [5.41, 5.74) is 2.62. The van der Waals surface area contributed by atoms with Crippen LogP contribution in [0.2, 0.25) is 0 Å². The van der Waals surface area contributed by atoms with Crippen molar-refractivity contribution in [1.29, 1.82) is 0 Å². The molecule has 2 aromatic carbocycles. The van der Waals surface area contributed by atoms with E-state index in [1.54, 1.807) is 0 Å². The van der Waals surface area contributed by atoms with Crippen molar-refractivity contribution in [2.75, 3.05) is 6.61 Å². The first kappa shape index (κ1) is 23.4. The van der Waals surface area contributed by atoms with Gasteiger partial charge in [0.25, 0.3) is 0 Å². The average molecular weight is 462 g/mol. The van der Waals surface area contributed by atoms with Gasteiger partial charge in [-0.05, 0) is 37.6 Å². The van der Waals surface area contributed by atoms with Crippen molar-refractivity contribution >= 4 is 33.7 Å². The molecule has 0 fully saturated rings. The number of aromatic amines is 1. The summed E-state index contributed by atoms with van der Waals surface area (Å²) in [4.78, 5) is 29.1. The normalized spacial score (nSPS) is 13.2. The summed E-state index contributed by atoms with van der Waals surface area (Å²) in [5.74, 6) is 0.626.